The minimum Gasteiger partial charge on any atom is -0.497 e. The van der Waals surface area contributed by atoms with Gasteiger partial charge in [-0.2, -0.15) is 5.10 Å². The van der Waals surface area contributed by atoms with Crippen LogP contribution in [0.5, 0.6) is 11.5 Å². The molecule has 0 bridgehead atoms. The monoisotopic (exact) mass is 414 g/mol. The number of hydrogen-bond acceptors (Lipinski definition) is 6. The summed E-state index contributed by atoms with van der Waals surface area (Å²) in [6.45, 7) is 0.113. The molecule has 0 spiro atoms. The highest BCUT2D eigenvalue weighted by Crippen LogP contribution is 2.37. The van der Waals surface area contributed by atoms with E-state index in [1.54, 1.807) is 14.2 Å². The van der Waals surface area contributed by atoms with Gasteiger partial charge in [0.05, 0.1) is 43.5 Å². The number of carbonyl (C=O) groups is 2. The molecule has 0 unspecified atom stereocenters. The van der Waals surface area contributed by atoms with E-state index in [0.29, 0.717) is 28.1 Å². The molecular formula is C23H18N4O4. The number of nitrogens with zero attached hydrogens (tertiary/aromatic N) is 3. The first-order chi connectivity index (χ1) is 15.1. The zero-order chi connectivity index (χ0) is 21.5. The van der Waals surface area contributed by atoms with Crippen LogP contribution < -0.4 is 9.47 Å². The van der Waals surface area contributed by atoms with Gasteiger partial charge in [-0.1, -0.05) is 24.3 Å². The summed E-state index contributed by atoms with van der Waals surface area (Å²) in [5.74, 6) is 0.615. The number of aromatic nitrogens is 3. The van der Waals surface area contributed by atoms with Gasteiger partial charge in [0.2, 0.25) is 0 Å². The van der Waals surface area contributed by atoms with Gasteiger partial charge in [0, 0.05) is 11.8 Å². The average Bonchev–Trinajstić information content (AvgIpc) is 3.37. The molecule has 31 heavy (non-hydrogen) atoms. The van der Waals surface area contributed by atoms with Gasteiger partial charge < -0.3 is 9.47 Å². The number of imide groups is 1. The van der Waals surface area contributed by atoms with Gasteiger partial charge >= 0.3 is 0 Å². The zero-order valence-electron chi connectivity index (χ0n) is 16.9. The fourth-order valence-corrected chi connectivity index (χ4v) is 3.92. The fourth-order valence-electron chi connectivity index (χ4n) is 3.92. The van der Waals surface area contributed by atoms with Gasteiger partial charge in [0.25, 0.3) is 11.8 Å². The first kappa shape index (κ1) is 18.8. The number of amides is 2. The molecule has 0 saturated heterocycles. The van der Waals surface area contributed by atoms with Crippen LogP contribution >= 0.6 is 0 Å². The highest BCUT2D eigenvalue weighted by atomic mass is 16.5. The molecule has 0 atom stereocenters. The van der Waals surface area contributed by atoms with Crippen LogP contribution in [0.4, 0.5) is 0 Å². The molecule has 3 heterocycles. The number of ether oxygens (including phenoxy) is 2. The van der Waals surface area contributed by atoms with E-state index >= 15 is 0 Å². The molecule has 1 aliphatic heterocycles. The van der Waals surface area contributed by atoms with E-state index in [4.69, 9.17) is 9.47 Å². The Labute approximate surface area is 177 Å². The quantitative estimate of drug-likeness (QED) is 0.503. The molecule has 0 fully saturated rings. The normalized spacial score (nSPS) is 13.0. The summed E-state index contributed by atoms with van der Waals surface area (Å²) in [5.41, 5.74) is 3.56. The predicted octanol–water partition coefficient (Wildman–Crippen LogP) is 3.44. The lowest BCUT2D eigenvalue weighted by atomic mass is 9.98. The Balaban J connectivity index is 1.57. The van der Waals surface area contributed by atoms with Crippen molar-refractivity contribution in [2.24, 2.45) is 0 Å². The molecule has 1 N–H and O–H groups in total. The minimum absolute atomic E-state index is 0.113. The molecule has 2 aromatic heterocycles. The Morgan fingerprint density at radius 1 is 0.935 bits per heavy atom. The maximum absolute atomic E-state index is 13.2. The van der Waals surface area contributed by atoms with Gasteiger partial charge in [-0.15, -0.1) is 0 Å². The summed E-state index contributed by atoms with van der Waals surface area (Å²) in [5, 5.41) is 7.22. The number of H-pyrrole nitrogens is 1. The third kappa shape index (κ3) is 2.92. The molecule has 1 aliphatic rings. The first-order valence-corrected chi connectivity index (χ1v) is 9.61. The van der Waals surface area contributed by atoms with Crippen LogP contribution in [0.1, 0.15) is 26.3 Å². The number of pyridine rings is 1. The lowest BCUT2D eigenvalue weighted by molar-refractivity contribution is 0.0643. The number of rotatable bonds is 5. The van der Waals surface area contributed by atoms with Crippen molar-refractivity contribution in [3.63, 3.8) is 0 Å². The predicted molar refractivity (Wildman–Crippen MR) is 113 cm³/mol. The second kappa shape index (κ2) is 7.24. The van der Waals surface area contributed by atoms with Gasteiger partial charge in [0.15, 0.2) is 5.65 Å². The van der Waals surface area contributed by atoms with E-state index in [1.807, 2.05) is 42.5 Å². The summed E-state index contributed by atoms with van der Waals surface area (Å²) >= 11 is 0. The number of fused-ring (bicyclic) bond motifs is 3. The molecular weight excluding hydrogens is 396 g/mol. The van der Waals surface area contributed by atoms with E-state index < -0.39 is 0 Å². The number of nitrogens with one attached hydrogen (secondary N) is 1. The molecule has 0 saturated carbocycles. The standard InChI is InChI=1S/C23H18N4O4/c1-30-14-7-8-19(31-2)16(9-14)15-6-4-3-5-13(15)12-27-22(28)18-10-24-21-17(11-25-26-21)20(18)23(27)29/h3-11H,12H2,1-2H3,(H,24,25,26). The second-order valence-corrected chi connectivity index (χ2v) is 7.10. The molecule has 0 aliphatic carbocycles. The maximum Gasteiger partial charge on any atom is 0.263 e. The fraction of sp³-hybridized carbons (Fsp3) is 0.130. The van der Waals surface area contributed by atoms with Crippen LogP contribution in [0.3, 0.4) is 0 Å². The second-order valence-electron chi connectivity index (χ2n) is 7.10. The third-order valence-electron chi connectivity index (χ3n) is 5.46. The van der Waals surface area contributed by atoms with Gasteiger partial charge in [-0.25, -0.2) is 4.98 Å². The van der Waals surface area contributed by atoms with Gasteiger partial charge in [-0.05, 0) is 29.3 Å². The maximum atomic E-state index is 13.2. The summed E-state index contributed by atoms with van der Waals surface area (Å²) in [4.78, 5) is 31.7. The van der Waals surface area contributed by atoms with Crippen LogP contribution in [0.15, 0.2) is 54.9 Å². The molecule has 8 nitrogen and oxygen atoms in total. The van der Waals surface area contributed by atoms with Crippen molar-refractivity contribution in [1.29, 1.82) is 0 Å². The Hall–Kier alpha value is -4.20. The van der Waals surface area contributed by atoms with Crippen LogP contribution in [0.25, 0.3) is 22.2 Å². The number of carbonyl (C=O) groups excluding carboxylic acids is 2. The molecule has 0 radical (unpaired) electrons. The SMILES string of the molecule is COc1ccc(OC)c(-c2ccccc2CN2C(=O)c3cnc4[nH]ncc4c3C2=O)c1. The van der Waals surface area contributed by atoms with Crippen molar-refractivity contribution < 1.29 is 19.1 Å². The number of hydrogen-bond donors (Lipinski definition) is 1. The number of aromatic amines is 1. The lowest BCUT2D eigenvalue weighted by Crippen LogP contribution is -2.29. The molecule has 2 aromatic carbocycles. The number of methoxy groups -OCH3 is 2. The van der Waals surface area contributed by atoms with Crippen molar-refractivity contribution in [3.8, 4) is 22.6 Å². The number of benzene rings is 2. The summed E-state index contributed by atoms with van der Waals surface area (Å²) < 4.78 is 10.9. The topological polar surface area (TPSA) is 97.4 Å². The van der Waals surface area contributed by atoms with Crippen molar-refractivity contribution >= 4 is 22.8 Å². The van der Waals surface area contributed by atoms with Crippen LogP contribution in [0, 0.1) is 0 Å². The highest BCUT2D eigenvalue weighted by Gasteiger charge is 2.38. The van der Waals surface area contributed by atoms with Crippen LogP contribution in [-0.4, -0.2) is 46.1 Å². The lowest BCUT2D eigenvalue weighted by Gasteiger charge is -2.18. The molecule has 8 heteroatoms. The smallest absolute Gasteiger partial charge is 0.263 e. The van der Waals surface area contributed by atoms with E-state index in [1.165, 1.54) is 17.3 Å². The summed E-state index contributed by atoms with van der Waals surface area (Å²) in [6.07, 6.45) is 2.94. The minimum atomic E-state index is -0.372. The largest absolute Gasteiger partial charge is 0.497 e. The van der Waals surface area contributed by atoms with E-state index in [2.05, 4.69) is 15.2 Å². The zero-order valence-corrected chi connectivity index (χ0v) is 16.9. The van der Waals surface area contributed by atoms with Crippen molar-refractivity contribution in [1.82, 2.24) is 20.1 Å². The molecule has 154 valence electrons. The van der Waals surface area contributed by atoms with Crippen molar-refractivity contribution in [2.45, 2.75) is 6.54 Å². The molecule has 5 rings (SSSR count). The summed E-state index contributed by atoms with van der Waals surface area (Å²) in [6, 6.07) is 13.1. The Kier molecular flexibility index (Phi) is 4.39. The Morgan fingerprint density at radius 3 is 2.58 bits per heavy atom. The summed E-state index contributed by atoms with van der Waals surface area (Å²) in [7, 11) is 3.20. The molecule has 2 amide bonds. The molecule has 4 aromatic rings. The third-order valence-corrected chi connectivity index (χ3v) is 5.46. The van der Waals surface area contributed by atoms with E-state index in [-0.39, 0.29) is 23.9 Å². The van der Waals surface area contributed by atoms with Gasteiger partial charge in [-0.3, -0.25) is 19.6 Å². The van der Waals surface area contributed by atoms with Crippen molar-refractivity contribution in [2.75, 3.05) is 14.2 Å². The van der Waals surface area contributed by atoms with Gasteiger partial charge in [0.1, 0.15) is 11.5 Å². The Morgan fingerprint density at radius 2 is 1.77 bits per heavy atom. The first-order valence-electron chi connectivity index (χ1n) is 9.61. The highest BCUT2D eigenvalue weighted by molar-refractivity contribution is 6.25. The van der Waals surface area contributed by atoms with Crippen LogP contribution in [0.2, 0.25) is 0 Å². The van der Waals surface area contributed by atoms with Crippen molar-refractivity contribution in [3.05, 3.63) is 71.5 Å². The van der Waals surface area contributed by atoms with E-state index in [0.717, 1.165) is 16.7 Å². The van der Waals surface area contributed by atoms with Crippen LogP contribution in [-0.2, 0) is 6.54 Å². The van der Waals surface area contributed by atoms with E-state index in [9.17, 15) is 9.59 Å². The Bertz CT molecular complexity index is 1340. The average molecular weight is 414 g/mol.